The van der Waals surface area contributed by atoms with E-state index in [1.54, 1.807) is 12.0 Å². The molecule has 0 spiro atoms. The van der Waals surface area contributed by atoms with E-state index < -0.39 is 0 Å². The van der Waals surface area contributed by atoms with Crippen LogP contribution in [0.3, 0.4) is 0 Å². The Labute approximate surface area is 97.2 Å². The molecule has 1 atom stereocenters. The molecule has 0 aromatic heterocycles. The lowest BCUT2D eigenvalue weighted by atomic mass is 10.0. The zero-order chi connectivity index (χ0) is 11.4. The third-order valence-corrected chi connectivity index (χ3v) is 3.54. The Hall–Kier alpha value is -1.06. The predicted octanol–water partition coefficient (Wildman–Crippen LogP) is -0.343. The quantitative estimate of drug-likeness (QED) is 0.719. The van der Waals surface area contributed by atoms with Crippen LogP contribution in [0.5, 0.6) is 5.75 Å². The van der Waals surface area contributed by atoms with Gasteiger partial charge in [-0.05, 0) is 12.1 Å². The van der Waals surface area contributed by atoms with Crippen LogP contribution >= 0.6 is 0 Å². The highest BCUT2D eigenvalue weighted by Gasteiger charge is 2.29. The second-order valence-electron chi connectivity index (χ2n) is 4.45. The van der Waals surface area contributed by atoms with Crippen molar-refractivity contribution in [1.29, 1.82) is 0 Å². The molecule has 2 rings (SSSR count). The Morgan fingerprint density at radius 2 is 2.00 bits per heavy atom. The number of methoxy groups -OCH3 is 1. The first-order valence-corrected chi connectivity index (χ1v) is 6.13. The van der Waals surface area contributed by atoms with E-state index in [9.17, 15) is 0 Å². The van der Waals surface area contributed by atoms with Crippen molar-refractivity contribution in [3.63, 3.8) is 0 Å². The maximum Gasteiger partial charge on any atom is 0.166 e. The first kappa shape index (κ1) is 11.4. The molecule has 1 aromatic carbocycles. The fourth-order valence-corrected chi connectivity index (χ4v) is 2.71. The van der Waals surface area contributed by atoms with Gasteiger partial charge in [-0.2, -0.15) is 0 Å². The summed E-state index contributed by atoms with van der Waals surface area (Å²) in [5.74, 6) is 1.01. The van der Waals surface area contributed by atoms with Gasteiger partial charge < -0.3 is 15.4 Å². The fourth-order valence-electron chi connectivity index (χ4n) is 2.71. The molecule has 16 heavy (non-hydrogen) atoms. The monoisotopic (exact) mass is 222 g/mol. The number of likely N-dealkylation sites (tertiary alicyclic amines) is 1. The number of rotatable bonds is 4. The Balaban J connectivity index is 2.24. The summed E-state index contributed by atoms with van der Waals surface area (Å²) in [6, 6.07) is 8.85. The molecular formula is C13H22N2O+2. The topological polar surface area (TPSA) is 41.3 Å². The lowest BCUT2D eigenvalue weighted by Gasteiger charge is -2.23. The Morgan fingerprint density at radius 3 is 2.62 bits per heavy atom. The maximum absolute atomic E-state index is 5.45. The van der Waals surface area contributed by atoms with Crippen LogP contribution in [0, 0.1) is 0 Å². The van der Waals surface area contributed by atoms with Crippen LogP contribution in [0.1, 0.15) is 24.4 Å². The minimum absolute atomic E-state index is 0.499. The highest BCUT2D eigenvalue weighted by atomic mass is 16.5. The Morgan fingerprint density at radius 1 is 1.31 bits per heavy atom. The maximum atomic E-state index is 5.45. The molecule has 0 saturated carbocycles. The summed E-state index contributed by atoms with van der Waals surface area (Å²) in [5, 5.41) is 0. The Kier molecular flexibility index (Phi) is 3.80. The number of quaternary nitrogens is 2. The minimum Gasteiger partial charge on any atom is -0.496 e. The molecule has 0 radical (unpaired) electrons. The van der Waals surface area contributed by atoms with Gasteiger partial charge in [0.15, 0.2) is 6.04 Å². The van der Waals surface area contributed by atoms with E-state index in [4.69, 9.17) is 4.74 Å². The van der Waals surface area contributed by atoms with E-state index in [1.807, 2.05) is 12.1 Å². The van der Waals surface area contributed by atoms with Crippen molar-refractivity contribution in [2.45, 2.75) is 18.9 Å². The summed E-state index contributed by atoms with van der Waals surface area (Å²) in [6.45, 7) is 3.49. The highest BCUT2D eigenvalue weighted by molar-refractivity contribution is 5.34. The molecular weight excluding hydrogens is 200 g/mol. The molecule has 0 unspecified atom stereocenters. The number of hydrogen-bond donors (Lipinski definition) is 2. The van der Waals surface area contributed by atoms with Gasteiger partial charge in [-0.25, -0.2) is 0 Å². The van der Waals surface area contributed by atoms with Crippen molar-refractivity contribution in [3.8, 4) is 5.75 Å². The molecule has 0 amide bonds. The molecule has 1 fully saturated rings. The number of para-hydroxylation sites is 1. The molecule has 88 valence electrons. The van der Waals surface area contributed by atoms with E-state index in [0.29, 0.717) is 6.04 Å². The summed E-state index contributed by atoms with van der Waals surface area (Å²) in [5.41, 5.74) is 5.42. The number of benzene rings is 1. The third-order valence-electron chi connectivity index (χ3n) is 3.54. The molecule has 1 aliphatic heterocycles. The van der Waals surface area contributed by atoms with E-state index in [2.05, 4.69) is 17.9 Å². The predicted molar refractivity (Wildman–Crippen MR) is 63.4 cm³/mol. The third kappa shape index (κ3) is 2.20. The molecule has 1 saturated heterocycles. The number of nitrogens with one attached hydrogen (secondary N) is 1. The second kappa shape index (κ2) is 5.32. The average molecular weight is 222 g/mol. The van der Waals surface area contributed by atoms with Crippen LogP contribution in [0.2, 0.25) is 0 Å². The van der Waals surface area contributed by atoms with Crippen LogP contribution in [0.25, 0.3) is 0 Å². The van der Waals surface area contributed by atoms with Gasteiger partial charge in [0.2, 0.25) is 0 Å². The van der Waals surface area contributed by atoms with Gasteiger partial charge >= 0.3 is 0 Å². The van der Waals surface area contributed by atoms with Crippen molar-refractivity contribution in [2.75, 3.05) is 26.7 Å². The van der Waals surface area contributed by atoms with Crippen LogP contribution in [-0.2, 0) is 0 Å². The molecule has 0 aliphatic carbocycles. The van der Waals surface area contributed by atoms with E-state index >= 15 is 0 Å². The molecule has 1 heterocycles. The minimum atomic E-state index is 0.499. The molecule has 1 aliphatic rings. The van der Waals surface area contributed by atoms with Crippen LogP contribution in [-0.4, -0.2) is 26.7 Å². The second-order valence-corrected chi connectivity index (χ2v) is 4.45. The van der Waals surface area contributed by atoms with Crippen molar-refractivity contribution < 1.29 is 15.4 Å². The largest absolute Gasteiger partial charge is 0.496 e. The van der Waals surface area contributed by atoms with Gasteiger partial charge in [-0.1, -0.05) is 12.1 Å². The van der Waals surface area contributed by atoms with Crippen molar-refractivity contribution >= 4 is 0 Å². The highest BCUT2D eigenvalue weighted by Crippen LogP contribution is 2.22. The zero-order valence-electron chi connectivity index (χ0n) is 10.0. The fraction of sp³-hybridized carbons (Fsp3) is 0.538. The van der Waals surface area contributed by atoms with Gasteiger partial charge in [-0.15, -0.1) is 0 Å². The summed E-state index contributed by atoms with van der Waals surface area (Å²) in [7, 11) is 1.75. The number of hydrogen-bond acceptors (Lipinski definition) is 1. The van der Waals surface area contributed by atoms with Gasteiger partial charge in [-0.3, -0.25) is 0 Å². The van der Waals surface area contributed by atoms with Gasteiger partial charge in [0.05, 0.1) is 25.8 Å². The summed E-state index contributed by atoms with van der Waals surface area (Å²) >= 11 is 0. The van der Waals surface area contributed by atoms with Crippen molar-refractivity contribution in [1.82, 2.24) is 0 Å². The van der Waals surface area contributed by atoms with Gasteiger partial charge in [0.25, 0.3) is 0 Å². The van der Waals surface area contributed by atoms with Crippen LogP contribution < -0.4 is 15.4 Å². The molecule has 0 bridgehead atoms. The van der Waals surface area contributed by atoms with E-state index in [0.717, 1.165) is 12.3 Å². The van der Waals surface area contributed by atoms with E-state index in [1.165, 1.54) is 31.5 Å². The normalized spacial score (nSPS) is 18.6. The number of ether oxygens (including phenoxy) is 1. The summed E-state index contributed by atoms with van der Waals surface area (Å²) < 4.78 is 5.45. The molecule has 1 aromatic rings. The van der Waals surface area contributed by atoms with Gasteiger partial charge in [0, 0.05) is 12.8 Å². The van der Waals surface area contributed by atoms with Crippen LogP contribution in [0.4, 0.5) is 0 Å². The lowest BCUT2D eigenvalue weighted by Crippen LogP contribution is -3.11. The van der Waals surface area contributed by atoms with E-state index in [-0.39, 0.29) is 0 Å². The first-order chi connectivity index (χ1) is 7.86. The lowest BCUT2D eigenvalue weighted by molar-refractivity contribution is -0.926. The van der Waals surface area contributed by atoms with Crippen molar-refractivity contribution in [3.05, 3.63) is 29.8 Å². The van der Waals surface area contributed by atoms with Crippen LogP contribution in [0.15, 0.2) is 24.3 Å². The Bertz CT molecular complexity index is 334. The van der Waals surface area contributed by atoms with Crippen molar-refractivity contribution in [2.24, 2.45) is 0 Å². The standard InChI is InChI=1S/C13H20N2O/c1-16-13-7-3-2-6-11(13)12(10-14)15-8-4-5-9-15/h2-3,6-7,12H,4-5,8-10,14H2,1H3/p+2/t12-/m0/s1. The summed E-state index contributed by atoms with van der Waals surface area (Å²) in [4.78, 5) is 1.67. The smallest absolute Gasteiger partial charge is 0.166 e. The van der Waals surface area contributed by atoms with Gasteiger partial charge in [0.1, 0.15) is 12.3 Å². The zero-order valence-corrected chi connectivity index (χ0v) is 10.0. The molecule has 3 heteroatoms. The first-order valence-electron chi connectivity index (χ1n) is 6.13. The average Bonchev–Trinajstić information content (AvgIpc) is 2.84. The molecule has 3 nitrogen and oxygen atoms in total. The SMILES string of the molecule is COc1ccccc1[C@H](C[NH3+])[NH+]1CCCC1. The summed E-state index contributed by atoms with van der Waals surface area (Å²) in [6.07, 6.45) is 2.70. The molecule has 4 N–H and O–H groups in total.